The fourth-order valence-corrected chi connectivity index (χ4v) is 5.38. The zero-order chi connectivity index (χ0) is 22.1. The third-order valence-corrected chi connectivity index (χ3v) is 7.66. The molecular weight excluding hydrogens is 380 g/mol. The van der Waals surface area contributed by atoms with Crippen LogP contribution in [0.5, 0.6) is 0 Å². The molecule has 0 aromatic carbocycles. The molecule has 8 atom stereocenters. The third kappa shape index (κ3) is 4.82. The van der Waals surface area contributed by atoms with Gasteiger partial charge in [0.1, 0.15) is 12.2 Å². The van der Waals surface area contributed by atoms with Crippen molar-refractivity contribution in [1.82, 2.24) is 0 Å². The molecule has 0 amide bonds. The lowest BCUT2D eigenvalue weighted by molar-refractivity contribution is -0.164. The predicted molar refractivity (Wildman–Crippen MR) is 115 cm³/mol. The fourth-order valence-electron chi connectivity index (χ4n) is 5.38. The van der Waals surface area contributed by atoms with E-state index in [1.807, 2.05) is 13.8 Å². The number of allylic oxidation sites excluding steroid dienone is 3. The van der Waals surface area contributed by atoms with Crippen LogP contribution in [0, 0.1) is 29.1 Å². The number of aliphatic hydroxyl groups is 1. The zero-order valence-electron chi connectivity index (χ0n) is 19.1. The highest BCUT2D eigenvalue weighted by molar-refractivity contribution is 5.72. The summed E-state index contributed by atoms with van der Waals surface area (Å²) >= 11 is 0. The van der Waals surface area contributed by atoms with Gasteiger partial charge in [0.25, 0.3) is 0 Å². The van der Waals surface area contributed by atoms with Crippen LogP contribution >= 0.6 is 0 Å². The first kappa shape index (κ1) is 23.1. The van der Waals surface area contributed by atoms with Crippen LogP contribution in [-0.4, -0.2) is 35.4 Å². The van der Waals surface area contributed by atoms with E-state index in [0.29, 0.717) is 24.7 Å². The number of rotatable bonds is 6. The summed E-state index contributed by atoms with van der Waals surface area (Å²) in [6.45, 7) is 10.6. The Morgan fingerprint density at radius 2 is 2.10 bits per heavy atom. The summed E-state index contributed by atoms with van der Waals surface area (Å²) in [6, 6.07) is 0. The SMILES string of the molecule is CC[C@H](C)C(=O)O[C@H]1C[C@@H](C)C=C2C=C[C@H](C)[C@](C)(CC[C@@H]3C[C@@H](O)CC(=O)O3)[C@H]21. The standard InChI is InChI=1S/C25H38O5/c1-6-16(3)24(28)30-21-12-15(2)11-18-8-7-17(4)25(5,23(18)21)10-9-20-13-19(26)14-22(27)29-20/h7-8,11,15-17,19-21,23,26H,6,9-10,12-14H2,1-5H3/t15-,16-,17-,19+,20+,21-,23+,25-/m0/s1. The van der Waals surface area contributed by atoms with E-state index in [-0.39, 0.29) is 47.8 Å². The molecule has 0 saturated carbocycles. The minimum absolute atomic E-state index is 0.0912. The Morgan fingerprint density at radius 3 is 2.77 bits per heavy atom. The van der Waals surface area contributed by atoms with Crippen molar-refractivity contribution in [3.05, 3.63) is 23.8 Å². The maximum Gasteiger partial charge on any atom is 0.308 e. The Bertz CT molecular complexity index is 710. The molecule has 0 aromatic heterocycles. The molecule has 2 aliphatic carbocycles. The predicted octanol–water partition coefficient (Wildman–Crippen LogP) is 4.59. The normalized spacial score (nSPS) is 39.5. The molecule has 0 aromatic rings. The van der Waals surface area contributed by atoms with Gasteiger partial charge in [0.05, 0.1) is 18.4 Å². The molecule has 1 saturated heterocycles. The number of hydrogen-bond donors (Lipinski definition) is 1. The number of cyclic esters (lactones) is 1. The van der Waals surface area contributed by atoms with Crippen molar-refractivity contribution in [2.45, 2.75) is 91.5 Å². The Balaban J connectivity index is 1.82. The molecule has 1 aliphatic heterocycles. The van der Waals surface area contributed by atoms with Crippen molar-refractivity contribution >= 4 is 11.9 Å². The molecule has 1 fully saturated rings. The van der Waals surface area contributed by atoms with Crippen LogP contribution < -0.4 is 0 Å². The number of carbonyl (C=O) groups excluding carboxylic acids is 2. The number of carbonyl (C=O) groups is 2. The van der Waals surface area contributed by atoms with Gasteiger partial charge in [-0.15, -0.1) is 0 Å². The van der Waals surface area contributed by atoms with Crippen LogP contribution in [0.3, 0.4) is 0 Å². The Kier molecular flexibility index (Phi) is 7.11. The summed E-state index contributed by atoms with van der Waals surface area (Å²) in [7, 11) is 0. The molecule has 3 rings (SSSR count). The average molecular weight is 419 g/mol. The fraction of sp³-hybridized carbons (Fsp3) is 0.760. The summed E-state index contributed by atoms with van der Waals surface area (Å²) < 4.78 is 11.6. The van der Waals surface area contributed by atoms with Crippen LogP contribution in [0.4, 0.5) is 0 Å². The summed E-state index contributed by atoms with van der Waals surface area (Å²) in [5.41, 5.74) is 1.15. The Morgan fingerprint density at radius 1 is 1.37 bits per heavy atom. The maximum atomic E-state index is 12.6. The minimum Gasteiger partial charge on any atom is -0.462 e. The zero-order valence-corrected chi connectivity index (χ0v) is 19.1. The number of esters is 2. The van der Waals surface area contributed by atoms with Crippen LogP contribution in [0.15, 0.2) is 23.8 Å². The molecule has 30 heavy (non-hydrogen) atoms. The molecule has 1 heterocycles. The summed E-state index contributed by atoms with van der Waals surface area (Å²) in [5, 5.41) is 9.96. The molecule has 3 aliphatic rings. The van der Waals surface area contributed by atoms with Crippen molar-refractivity contribution in [1.29, 1.82) is 0 Å². The number of ether oxygens (including phenoxy) is 2. The van der Waals surface area contributed by atoms with Crippen molar-refractivity contribution < 1.29 is 24.2 Å². The molecule has 0 spiro atoms. The van der Waals surface area contributed by atoms with Gasteiger partial charge in [-0.05, 0) is 48.5 Å². The number of hydrogen-bond acceptors (Lipinski definition) is 5. The van der Waals surface area contributed by atoms with Crippen molar-refractivity contribution in [3.8, 4) is 0 Å². The number of fused-ring (bicyclic) bond motifs is 1. The lowest BCUT2D eigenvalue weighted by atomic mass is 9.56. The smallest absolute Gasteiger partial charge is 0.308 e. The quantitative estimate of drug-likeness (QED) is 0.639. The van der Waals surface area contributed by atoms with E-state index in [0.717, 1.165) is 19.3 Å². The molecule has 0 unspecified atom stereocenters. The van der Waals surface area contributed by atoms with Gasteiger partial charge >= 0.3 is 11.9 Å². The Hall–Kier alpha value is -1.62. The van der Waals surface area contributed by atoms with Crippen molar-refractivity contribution in [2.24, 2.45) is 29.1 Å². The summed E-state index contributed by atoms with van der Waals surface area (Å²) in [4.78, 5) is 24.4. The van der Waals surface area contributed by atoms with Gasteiger partial charge in [0.2, 0.25) is 0 Å². The summed E-state index contributed by atoms with van der Waals surface area (Å²) in [6.07, 6.45) is 9.56. The highest BCUT2D eigenvalue weighted by atomic mass is 16.5. The van der Waals surface area contributed by atoms with Crippen molar-refractivity contribution in [2.75, 3.05) is 0 Å². The second-order valence-electron chi connectivity index (χ2n) is 10.0. The highest BCUT2D eigenvalue weighted by Gasteiger charge is 2.49. The van der Waals surface area contributed by atoms with Crippen LogP contribution in [-0.2, 0) is 19.1 Å². The van der Waals surface area contributed by atoms with Gasteiger partial charge in [0.15, 0.2) is 0 Å². The van der Waals surface area contributed by atoms with Gasteiger partial charge in [-0.25, -0.2) is 0 Å². The lowest BCUT2D eigenvalue weighted by Crippen LogP contribution is -2.48. The van der Waals surface area contributed by atoms with Gasteiger partial charge in [-0.2, -0.15) is 0 Å². The van der Waals surface area contributed by atoms with Gasteiger partial charge in [-0.1, -0.05) is 52.8 Å². The van der Waals surface area contributed by atoms with Crippen LogP contribution in [0.1, 0.15) is 73.1 Å². The average Bonchev–Trinajstić information content (AvgIpc) is 2.67. The van der Waals surface area contributed by atoms with Gasteiger partial charge < -0.3 is 14.6 Å². The maximum absolute atomic E-state index is 12.6. The number of aliphatic hydroxyl groups excluding tert-OH is 1. The van der Waals surface area contributed by atoms with Crippen LogP contribution in [0.25, 0.3) is 0 Å². The van der Waals surface area contributed by atoms with E-state index < -0.39 is 6.10 Å². The molecule has 0 radical (unpaired) electrons. The largest absolute Gasteiger partial charge is 0.462 e. The first-order valence-corrected chi connectivity index (χ1v) is 11.6. The first-order valence-electron chi connectivity index (χ1n) is 11.6. The van der Waals surface area contributed by atoms with E-state index in [2.05, 4.69) is 39.0 Å². The topological polar surface area (TPSA) is 72.8 Å². The molecule has 168 valence electrons. The first-order chi connectivity index (χ1) is 14.1. The van der Waals surface area contributed by atoms with E-state index in [1.54, 1.807) is 0 Å². The molecule has 1 N–H and O–H groups in total. The third-order valence-electron chi connectivity index (χ3n) is 7.66. The van der Waals surface area contributed by atoms with Gasteiger partial charge in [0, 0.05) is 12.3 Å². The minimum atomic E-state index is -0.608. The molecule has 0 bridgehead atoms. The van der Waals surface area contributed by atoms with E-state index in [4.69, 9.17) is 9.47 Å². The van der Waals surface area contributed by atoms with E-state index >= 15 is 0 Å². The lowest BCUT2D eigenvalue weighted by Gasteiger charge is -2.50. The van der Waals surface area contributed by atoms with Crippen LogP contribution in [0.2, 0.25) is 0 Å². The molecule has 5 nitrogen and oxygen atoms in total. The molecular formula is C25H38O5. The second kappa shape index (κ2) is 9.25. The Labute approximate surface area is 180 Å². The van der Waals surface area contributed by atoms with E-state index in [9.17, 15) is 14.7 Å². The van der Waals surface area contributed by atoms with Gasteiger partial charge in [-0.3, -0.25) is 9.59 Å². The second-order valence-corrected chi connectivity index (χ2v) is 10.0. The summed E-state index contributed by atoms with van der Waals surface area (Å²) in [5.74, 6) is 0.286. The highest BCUT2D eigenvalue weighted by Crippen LogP contribution is 2.53. The van der Waals surface area contributed by atoms with E-state index in [1.165, 1.54) is 5.57 Å². The molecule has 5 heteroatoms. The van der Waals surface area contributed by atoms with Crippen molar-refractivity contribution in [3.63, 3.8) is 0 Å². The monoisotopic (exact) mass is 418 g/mol.